The van der Waals surface area contributed by atoms with E-state index < -0.39 is 0 Å². The highest BCUT2D eigenvalue weighted by atomic mass is 32.1. The molecule has 1 aromatic heterocycles. The lowest BCUT2D eigenvalue weighted by molar-refractivity contribution is 0.475. The predicted octanol–water partition coefficient (Wildman–Crippen LogP) is 3.98. The van der Waals surface area contributed by atoms with E-state index in [1.807, 2.05) is 29.6 Å². The maximum Gasteiger partial charge on any atom is 0.124 e. The molecule has 1 heterocycles. The van der Waals surface area contributed by atoms with Crippen molar-refractivity contribution in [2.45, 2.75) is 0 Å². The highest BCUT2D eigenvalue weighted by Gasteiger charge is 2.09. The minimum absolute atomic E-state index is 0.248. The van der Waals surface area contributed by atoms with Crippen LogP contribution in [0.3, 0.4) is 0 Å². The van der Waals surface area contributed by atoms with Crippen LogP contribution in [0, 0.1) is 0 Å². The van der Waals surface area contributed by atoms with Gasteiger partial charge < -0.3 is 10.2 Å². The molecule has 0 bridgehead atoms. The highest BCUT2D eigenvalue weighted by molar-refractivity contribution is 7.17. The van der Waals surface area contributed by atoms with Crippen LogP contribution in [0.5, 0.6) is 11.5 Å². The summed E-state index contributed by atoms with van der Waals surface area (Å²) in [6.45, 7) is 0. The van der Waals surface area contributed by atoms with Gasteiger partial charge in [0.1, 0.15) is 11.5 Å². The van der Waals surface area contributed by atoms with Crippen molar-refractivity contribution in [2.75, 3.05) is 0 Å². The monoisotopic (exact) mass is 242 g/mol. The standard InChI is InChI=1S/C14H10O2S/c15-10-6-4-9(5-7-10)11-8-17-13-3-1-2-12(16)14(11)13/h1-8,15-16H. The molecule has 2 nitrogen and oxygen atoms in total. The molecule has 0 unspecified atom stereocenters. The Hall–Kier alpha value is -2.00. The van der Waals surface area contributed by atoms with Gasteiger partial charge in [-0.05, 0) is 35.2 Å². The smallest absolute Gasteiger partial charge is 0.124 e. The van der Waals surface area contributed by atoms with E-state index in [4.69, 9.17) is 0 Å². The van der Waals surface area contributed by atoms with Crippen LogP contribution in [0.2, 0.25) is 0 Å². The van der Waals surface area contributed by atoms with Crippen molar-refractivity contribution in [1.82, 2.24) is 0 Å². The van der Waals surface area contributed by atoms with E-state index >= 15 is 0 Å². The number of rotatable bonds is 1. The number of hydrogen-bond acceptors (Lipinski definition) is 3. The van der Waals surface area contributed by atoms with Crippen molar-refractivity contribution in [2.24, 2.45) is 0 Å². The van der Waals surface area contributed by atoms with Gasteiger partial charge >= 0.3 is 0 Å². The van der Waals surface area contributed by atoms with E-state index in [1.165, 1.54) is 0 Å². The van der Waals surface area contributed by atoms with Crippen LogP contribution in [-0.2, 0) is 0 Å². The fraction of sp³-hybridized carbons (Fsp3) is 0. The number of phenols is 2. The number of phenolic OH excluding ortho intramolecular Hbond substituents is 2. The van der Waals surface area contributed by atoms with Gasteiger partial charge in [-0.1, -0.05) is 18.2 Å². The molecular formula is C14H10O2S. The third kappa shape index (κ3) is 1.65. The first-order valence-corrected chi connectivity index (χ1v) is 6.12. The summed E-state index contributed by atoms with van der Waals surface area (Å²) in [6, 6.07) is 12.5. The summed E-state index contributed by atoms with van der Waals surface area (Å²) in [4.78, 5) is 0. The van der Waals surface area contributed by atoms with Crippen LogP contribution in [0.1, 0.15) is 0 Å². The van der Waals surface area contributed by atoms with Crippen LogP contribution in [-0.4, -0.2) is 10.2 Å². The van der Waals surface area contributed by atoms with Crippen LogP contribution < -0.4 is 0 Å². The SMILES string of the molecule is Oc1ccc(-c2csc3cccc(O)c23)cc1. The Labute approximate surface area is 102 Å². The van der Waals surface area contributed by atoms with Gasteiger partial charge in [0.15, 0.2) is 0 Å². The topological polar surface area (TPSA) is 40.5 Å². The van der Waals surface area contributed by atoms with Crippen molar-refractivity contribution >= 4 is 21.4 Å². The third-order valence-corrected chi connectivity index (χ3v) is 3.70. The number of thiophene rings is 1. The normalized spacial score (nSPS) is 10.8. The molecular weight excluding hydrogens is 232 g/mol. The summed E-state index contributed by atoms with van der Waals surface area (Å²) >= 11 is 1.60. The summed E-state index contributed by atoms with van der Waals surface area (Å²) < 4.78 is 1.06. The molecule has 17 heavy (non-hydrogen) atoms. The summed E-state index contributed by atoms with van der Waals surface area (Å²) in [7, 11) is 0. The van der Waals surface area contributed by atoms with Gasteiger partial charge in [-0.25, -0.2) is 0 Å². The zero-order valence-electron chi connectivity index (χ0n) is 8.92. The average Bonchev–Trinajstić information content (AvgIpc) is 2.75. The molecule has 0 fully saturated rings. The molecule has 0 amide bonds. The lowest BCUT2D eigenvalue weighted by atomic mass is 10.0. The Kier molecular flexibility index (Phi) is 2.27. The molecule has 84 valence electrons. The van der Waals surface area contributed by atoms with E-state index in [1.54, 1.807) is 29.5 Å². The maximum absolute atomic E-state index is 9.91. The molecule has 0 aliphatic rings. The lowest BCUT2D eigenvalue weighted by Crippen LogP contribution is -1.75. The van der Waals surface area contributed by atoms with E-state index in [9.17, 15) is 10.2 Å². The van der Waals surface area contributed by atoms with E-state index in [0.717, 1.165) is 21.2 Å². The second kappa shape index (κ2) is 3.79. The molecule has 0 saturated heterocycles. The summed E-state index contributed by atoms with van der Waals surface area (Å²) in [5, 5.41) is 22.1. The van der Waals surface area contributed by atoms with Crippen molar-refractivity contribution < 1.29 is 10.2 Å². The first kappa shape index (κ1) is 10.2. The van der Waals surface area contributed by atoms with Gasteiger partial charge in [-0.3, -0.25) is 0 Å². The Bertz CT molecular complexity index is 668. The van der Waals surface area contributed by atoms with Crippen LogP contribution >= 0.6 is 11.3 Å². The molecule has 0 spiro atoms. The summed E-state index contributed by atoms with van der Waals surface area (Å²) in [6.07, 6.45) is 0. The molecule has 0 saturated carbocycles. The molecule has 2 N–H and O–H groups in total. The Morgan fingerprint density at radius 2 is 1.65 bits per heavy atom. The second-order valence-electron chi connectivity index (χ2n) is 3.85. The molecule has 0 aliphatic heterocycles. The fourth-order valence-electron chi connectivity index (χ4n) is 1.92. The Balaban J connectivity index is 2.27. The van der Waals surface area contributed by atoms with Crippen molar-refractivity contribution in [3.8, 4) is 22.6 Å². The maximum atomic E-state index is 9.91. The van der Waals surface area contributed by atoms with Gasteiger partial charge in [0.2, 0.25) is 0 Å². The summed E-state index contributed by atoms with van der Waals surface area (Å²) in [5.74, 6) is 0.546. The lowest BCUT2D eigenvalue weighted by Gasteiger charge is -2.02. The van der Waals surface area contributed by atoms with Crippen molar-refractivity contribution in [1.29, 1.82) is 0 Å². The van der Waals surface area contributed by atoms with Crippen molar-refractivity contribution in [3.05, 3.63) is 47.8 Å². The zero-order valence-corrected chi connectivity index (χ0v) is 9.74. The molecule has 3 rings (SSSR count). The van der Waals surface area contributed by atoms with Crippen LogP contribution in [0.25, 0.3) is 21.2 Å². The molecule has 3 aromatic rings. The van der Waals surface area contributed by atoms with Gasteiger partial charge in [0, 0.05) is 15.6 Å². The fourth-order valence-corrected chi connectivity index (χ4v) is 2.91. The van der Waals surface area contributed by atoms with Gasteiger partial charge in [0.05, 0.1) is 0 Å². The van der Waals surface area contributed by atoms with Gasteiger partial charge in [-0.15, -0.1) is 11.3 Å². The second-order valence-corrected chi connectivity index (χ2v) is 4.76. The first-order valence-electron chi connectivity index (χ1n) is 5.24. The average molecular weight is 242 g/mol. The number of benzene rings is 2. The largest absolute Gasteiger partial charge is 0.508 e. The number of fused-ring (bicyclic) bond motifs is 1. The van der Waals surface area contributed by atoms with Crippen LogP contribution in [0.4, 0.5) is 0 Å². The van der Waals surface area contributed by atoms with Gasteiger partial charge in [0.25, 0.3) is 0 Å². The molecule has 0 radical (unpaired) electrons. The first-order chi connectivity index (χ1) is 8.25. The molecule has 2 aromatic carbocycles. The number of hydrogen-bond donors (Lipinski definition) is 2. The quantitative estimate of drug-likeness (QED) is 0.677. The van der Waals surface area contributed by atoms with E-state index in [2.05, 4.69) is 0 Å². The third-order valence-electron chi connectivity index (χ3n) is 2.76. The Morgan fingerprint density at radius 3 is 2.41 bits per heavy atom. The van der Waals surface area contributed by atoms with Crippen molar-refractivity contribution in [3.63, 3.8) is 0 Å². The van der Waals surface area contributed by atoms with Crippen LogP contribution in [0.15, 0.2) is 47.8 Å². The summed E-state index contributed by atoms with van der Waals surface area (Å²) in [5.41, 5.74) is 2.00. The predicted molar refractivity (Wildman–Crippen MR) is 70.6 cm³/mol. The van der Waals surface area contributed by atoms with Gasteiger partial charge in [-0.2, -0.15) is 0 Å². The number of aromatic hydroxyl groups is 2. The van der Waals surface area contributed by atoms with E-state index in [-0.39, 0.29) is 5.75 Å². The van der Waals surface area contributed by atoms with E-state index in [0.29, 0.717) is 5.75 Å². The highest BCUT2D eigenvalue weighted by Crippen LogP contribution is 2.39. The Morgan fingerprint density at radius 1 is 0.882 bits per heavy atom. The molecule has 0 atom stereocenters. The zero-order chi connectivity index (χ0) is 11.8. The molecule has 3 heteroatoms. The minimum Gasteiger partial charge on any atom is -0.508 e. The minimum atomic E-state index is 0.248. The molecule has 0 aliphatic carbocycles.